The molecule has 1 heteroatoms. The Morgan fingerprint density at radius 1 is 0.889 bits per heavy atom. The fourth-order valence-electron chi connectivity index (χ4n) is 2.82. The predicted molar refractivity (Wildman–Crippen MR) is 74.4 cm³/mol. The zero-order valence-electron chi connectivity index (χ0n) is 9.60. The minimum Gasteiger partial charge on any atom is -0.298 e. The van der Waals surface area contributed by atoms with Gasteiger partial charge in [-0.1, -0.05) is 30.3 Å². The van der Waals surface area contributed by atoms with Crippen molar-refractivity contribution in [3.63, 3.8) is 0 Å². The first-order valence-electron chi connectivity index (χ1n) is 5.91. The SMILES string of the molecule is O=Cc1cc2c[c]cc3ccc4cccc1c4c32. The van der Waals surface area contributed by atoms with E-state index >= 15 is 0 Å². The Kier molecular flexibility index (Phi) is 1.76. The highest BCUT2D eigenvalue weighted by Crippen LogP contribution is 2.35. The summed E-state index contributed by atoms with van der Waals surface area (Å²) in [6.07, 6.45) is 0.934. The quantitative estimate of drug-likeness (QED) is 0.353. The smallest absolute Gasteiger partial charge is 0.150 e. The van der Waals surface area contributed by atoms with Gasteiger partial charge in [0.05, 0.1) is 0 Å². The molecular formula is C17H9O. The van der Waals surface area contributed by atoms with E-state index in [-0.39, 0.29) is 0 Å². The van der Waals surface area contributed by atoms with E-state index in [1.807, 2.05) is 30.3 Å². The first kappa shape index (κ1) is 9.60. The zero-order valence-corrected chi connectivity index (χ0v) is 9.60. The van der Waals surface area contributed by atoms with Crippen LogP contribution in [0.15, 0.2) is 48.5 Å². The van der Waals surface area contributed by atoms with Crippen molar-refractivity contribution in [2.75, 3.05) is 0 Å². The number of benzene rings is 4. The standard InChI is InChI=1S/C17H9O/c18-10-14-9-13-5-1-3-11-7-8-12-4-2-6-15(14)17(12)16(11)13/h2-10H. The lowest BCUT2D eigenvalue weighted by Crippen LogP contribution is -1.88. The normalized spacial score (nSPS) is 11.6. The summed E-state index contributed by atoms with van der Waals surface area (Å²) in [5.74, 6) is 0. The molecule has 0 aliphatic rings. The molecule has 0 aliphatic heterocycles. The fourth-order valence-corrected chi connectivity index (χ4v) is 2.82. The summed E-state index contributed by atoms with van der Waals surface area (Å²) < 4.78 is 0. The van der Waals surface area contributed by atoms with Gasteiger partial charge in [-0.15, -0.1) is 0 Å². The molecule has 4 aromatic carbocycles. The summed E-state index contributed by atoms with van der Waals surface area (Å²) in [5, 5.41) is 6.88. The van der Waals surface area contributed by atoms with Gasteiger partial charge in [0.25, 0.3) is 0 Å². The van der Waals surface area contributed by atoms with Crippen LogP contribution in [0, 0.1) is 6.07 Å². The predicted octanol–water partition coefficient (Wildman–Crippen LogP) is 4.20. The van der Waals surface area contributed by atoms with Gasteiger partial charge in [-0.05, 0) is 56.6 Å². The Morgan fingerprint density at radius 2 is 1.72 bits per heavy atom. The first-order chi connectivity index (χ1) is 8.88. The van der Waals surface area contributed by atoms with Crippen LogP contribution in [0.4, 0.5) is 0 Å². The molecule has 0 aliphatic carbocycles. The van der Waals surface area contributed by atoms with E-state index < -0.39 is 0 Å². The highest BCUT2D eigenvalue weighted by Gasteiger charge is 2.10. The van der Waals surface area contributed by atoms with Crippen LogP contribution in [0.5, 0.6) is 0 Å². The molecule has 4 rings (SSSR count). The maximum absolute atomic E-state index is 11.3. The van der Waals surface area contributed by atoms with Crippen molar-refractivity contribution >= 4 is 38.6 Å². The Balaban J connectivity index is 2.47. The lowest BCUT2D eigenvalue weighted by atomic mass is 9.92. The summed E-state index contributed by atoms with van der Waals surface area (Å²) in [7, 11) is 0. The Labute approximate surface area is 104 Å². The van der Waals surface area contributed by atoms with Gasteiger partial charge in [0.1, 0.15) is 0 Å². The second kappa shape index (κ2) is 3.30. The number of hydrogen-bond acceptors (Lipinski definition) is 1. The minimum atomic E-state index is 0.750. The van der Waals surface area contributed by atoms with Gasteiger partial charge < -0.3 is 0 Å². The Morgan fingerprint density at radius 3 is 2.61 bits per heavy atom. The van der Waals surface area contributed by atoms with Crippen molar-refractivity contribution in [1.82, 2.24) is 0 Å². The van der Waals surface area contributed by atoms with Crippen LogP contribution in [0.3, 0.4) is 0 Å². The zero-order chi connectivity index (χ0) is 12.1. The second-order valence-corrected chi connectivity index (χ2v) is 4.56. The lowest BCUT2D eigenvalue weighted by Gasteiger charge is -2.11. The van der Waals surface area contributed by atoms with Crippen molar-refractivity contribution < 1.29 is 4.79 Å². The number of carbonyl (C=O) groups is 1. The fraction of sp³-hybridized carbons (Fsp3) is 0. The monoisotopic (exact) mass is 229 g/mol. The third-order valence-corrected chi connectivity index (χ3v) is 3.59. The van der Waals surface area contributed by atoms with E-state index in [0.717, 1.165) is 22.6 Å². The van der Waals surface area contributed by atoms with Gasteiger partial charge in [-0.25, -0.2) is 0 Å². The summed E-state index contributed by atoms with van der Waals surface area (Å²) in [5.41, 5.74) is 0.750. The molecule has 83 valence electrons. The van der Waals surface area contributed by atoms with E-state index in [1.54, 1.807) is 0 Å². The molecule has 0 atom stereocenters. The largest absolute Gasteiger partial charge is 0.298 e. The van der Waals surface area contributed by atoms with Crippen LogP contribution in [-0.2, 0) is 0 Å². The van der Waals surface area contributed by atoms with E-state index in [9.17, 15) is 4.79 Å². The molecule has 0 bridgehead atoms. The summed E-state index contributed by atoms with van der Waals surface area (Å²) in [6.45, 7) is 0. The molecule has 0 amide bonds. The van der Waals surface area contributed by atoms with Crippen molar-refractivity contribution in [3.8, 4) is 0 Å². The van der Waals surface area contributed by atoms with Gasteiger partial charge >= 0.3 is 0 Å². The number of aldehydes is 1. The van der Waals surface area contributed by atoms with Crippen LogP contribution in [0.2, 0.25) is 0 Å². The van der Waals surface area contributed by atoms with E-state index in [4.69, 9.17) is 0 Å². The maximum atomic E-state index is 11.3. The highest BCUT2D eigenvalue weighted by atomic mass is 16.1. The molecule has 0 unspecified atom stereocenters. The lowest BCUT2D eigenvalue weighted by molar-refractivity contribution is 0.112. The third kappa shape index (κ3) is 1.08. The summed E-state index contributed by atoms with van der Waals surface area (Å²) >= 11 is 0. The minimum absolute atomic E-state index is 0.750. The molecule has 0 fully saturated rings. The molecule has 0 N–H and O–H groups in total. The second-order valence-electron chi connectivity index (χ2n) is 4.56. The van der Waals surface area contributed by atoms with E-state index in [1.165, 1.54) is 21.5 Å². The molecular weight excluding hydrogens is 220 g/mol. The van der Waals surface area contributed by atoms with Crippen molar-refractivity contribution in [1.29, 1.82) is 0 Å². The molecule has 0 saturated carbocycles. The molecule has 0 spiro atoms. The first-order valence-corrected chi connectivity index (χ1v) is 5.91. The molecule has 0 saturated heterocycles. The molecule has 18 heavy (non-hydrogen) atoms. The number of hydrogen-bond donors (Lipinski definition) is 0. The van der Waals surface area contributed by atoms with E-state index in [2.05, 4.69) is 24.3 Å². The summed E-state index contributed by atoms with van der Waals surface area (Å²) in [6, 6.07) is 19.3. The van der Waals surface area contributed by atoms with Crippen LogP contribution < -0.4 is 0 Å². The topological polar surface area (TPSA) is 17.1 Å². The molecule has 1 nitrogen and oxygen atoms in total. The Hall–Kier alpha value is -2.41. The highest BCUT2D eigenvalue weighted by molar-refractivity contribution is 6.25. The molecule has 1 radical (unpaired) electrons. The average Bonchev–Trinajstić information content (AvgIpc) is 2.44. The Bertz CT molecular complexity index is 890. The summed E-state index contributed by atoms with van der Waals surface area (Å²) in [4.78, 5) is 11.3. The number of carbonyl (C=O) groups excluding carboxylic acids is 1. The van der Waals surface area contributed by atoms with Gasteiger partial charge in [0, 0.05) is 5.56 Å². The molecule has 0 aromatic heterocycles. The molecule has 0 heterocycles. The number of rotatable bonds is 1. The van der Waals surface area contributed by atoms with Gasteiger partial charge in [-0.3, -0.25) is 4.79 Å². The van der Waals surface area contributed by atoms with Crippen molar-refractivity contribution in [2.45, 2.75) is 0 Å². The van der Waals surface area contributed by atoms with Crippen LogP contribution in [0.1, 0.15) is 10.4 Å². The van der Waals surface area contributed by atoms with Gasteiger partial charge in [-0.2, -0.15) is 0 Å². The van der Waals surface area contributed by atoms with Crippen LogP contribution in [0.25, 0.3) is 32.3 Å². The average molecular weight is 229 g/mol. The van der Waals surface area contributed by atoms with Crippen LogP contribution >= 0.6 is 0 Å². The van der Waals surface area contributed by atoms with Gasteiger partial charge in [0.15, 0.2) is 6.29 Å². The van der Waals surface area contributed by atoms with E-state index in [0.29, 0.717) is 0 Å². The van der Waals surface area contributed by atoms with Gasteiger partial charge in [0.2, 0.25) is 0 Å². The van der Waals surface area contributed by atoms with Crippen LogP contribution in [-0.4, -0.2) is 6.29 Å². The third-order valence-electron chi connectivity index (χ3n) is 3.59. The van der Waals surface area contributed by atoms with Crippen molar-refractivity contribution in [2.24, 2.45) is 0 Å². The van der Waals surface area contributed by atoms with Crippen molar-refractivity contribution in [3.05, 3.63) is 60.2 Å². The maximum Gasteiger partial charge on any atom is 0.150 e. The molecule has 4 aromatic rings.